The fourth-order valence-corrected chi connectivity index (χ4v) is 3.48. The number of benzene rings is 2. The lowest BCUT2D eigenvalue weighted by Gasteiger charge is -2.12. The molecule has 0 bridgehead atoms. The fourth-order valence-electron chi connectivity index (χ4n) is 3.22. The van der Waals surface area contributed by atoms with E-state index in [9.17, 15) is 23.1 Å². The highest BCUT2D eigenvalue weighted by Crippen LogP contribution is 2.40. The number of pyridine rings is 1. The number of amides is 1. The van der Waals surface area contributed by atoms with Crippen LogP contribution >= 0.6 is 11.6 Å². The number of aromatic nitrogens is 1. The standard InChI is InChI=1S/C24H18ClF3N4O3/c25-18-13-21(33)19(12-17(18)24(26,27)28)32-22(34)5-4-14-2-1-3-15(10-14)35-16-6-7-29-20(11-16)23-30-8-9-31-23/h1-7,10-13,33H,8-9H2,(H,30,31)(H,32,34). The zero-order valence-electron chi connectivity index (χ0n) is 17.9. The van der Waals surface area contributed by atoms with E-state index in [2.05, 4.69) is 20.6 Å². The Morgan fingerprint density at radius 2 is 1.97 bits per heavy atom. The van der Waals surface area contributed by atoms with Gasteiger partial charge in [0.1, 0.15) is 28.8 Å². The molecule has 1 amide bonds. The number of rotatable bonds is 6. The summed E-state index contributed by atoms with van der Waals surface area (Å²) in [4.78, 5) is 20.8. The van der Waals surface area contributed by atoms with Gasteiger partial charge in [-0.15, -0.1) is 0 Å². The third-order valence-electron chi connectivity index (χ3n) is 4.82. The van der Waals surface area contributed by atoms with Crippen LogP contribution in [0.2, 0.25) is 5.02 Å². The van der Waals surface area contributed by atoms with Gasteiger partial charge >= 0.3 is 6.18 Å². The molecule has 0 spiro atoms. The molecule has 0 fully saturated rings. The molecule has 2 heterocycles. The summed E-state index contributed by atoms with van der Waals surface area (Å²) in [6.07, 6.45) is -0.557. The highest BCUT2D eigenvalue weighted by molar-refractivity contribution is 6.31. The summed E-state index contributed by atoms with van der Waals surface area (Å²) in [6.45, 7) is 1.44. The first kappa shape index (κ1) is 24.1. The Labute approximate surface area is 202 Å². The summed E-state index contributed by atoms with van der Waals surface area (Å²) in [5.74, 6) is 0.411. The van der Waals surface area contributed by atoms with Crippen LogP contribution < -0.4 is 15.4 Å². The number of ether oxygens (including phenoxy) is 1. The van der Waals surface area contributed by atoms with Crippen LogP contribution in [0.3, 0.4) is 0 Å². The molecule has 11 heteroatoms. The molecule has 35 heavy (non-hydrogen) atoms. The van der Waals surface area contributed by atoms with Crippen molar-refractivity contribution in [2.45, 2.75) is 6.18 Å². The number of nitrogens with zero attached hydrogens (tertiary/aromatic N) is 2. The summed E-state index contributed by atoms with van der Waals surface area (Å²) < 4.78 is 45.0. The number of carbonyl (C=O) groups is 1. The molecule has 2 aromatic carbocycles. The molecule has 0 saturated carbocycles. The lowest BCUT2D eigenvalue weighted by atomic mass is 10.1. The van der Waals surface area contributed by atoms with Crippen molar-refractivity contribution in [3.63, 3.8) is 0 Å². The highest BCUT2D eigenvalue weighted by atomic mass is 35.5. The van der Waals surface area contributed by atoms with Gasteiger partial charge in [0.15, 0.2) is 0 Å². The minimum atomic E-state index is -4.74. The zero-order valence-corrected chi connectivity index (χ0v) is 18.7. The van der Waals surface area contributed by atoms with Crippen LogP contribution in [0.1, 0.15) is 16.8 Å². The Morgan fingerprint density at radius 1 is 1.17 bits per heavy atom. The first-order chi connectivity index (χ1) is 16.7. The van der Waals surface area contributed by atoms with Gasteiger partial charge in [0.05, 0.1) is 22.8 Å². The van der Waals surface area contributed by atoms with Crippen molar-refractivity contribution in [1.29, 1.82) is 0 Å². The van der Waals surface area contributed by atoms with Gasteiger partial charge in [0, 0.05) is 31.0 Å². The number of phenolic OH excluding ortho intramolecular Hbond substituents is 1. The molecule has 0 saturated heterocycles. The number of aromatic hydroxyl groups is 1. The smallest absolute Gasteiger partial charge is 0.417 e. The van der Waals surface area contributed by atoms with Gasteiger partial charge in [-0.1, -0.05) is 23.7 Å². The molecule has 3 aromatic rings. The van der Waals surface area contributed by atoms with E-state index in [1.54, 1.807) is 42.6 Å². The maximum atomic E-state index is 13.0. The Hall–Kier alpha value is -4.05. The van der Waals surface area contributed by atoms with E-state index in [0.717, 1.165) is 18.7 Å². The number of anilines is 1. The molecule has 180 valence electrons. The third-order valence-corrected chi connectivity index (χ3v) is 5.13. The Morgan fingerprint density at radius 3 is 2.71 bits per heavy atom. The molecule has 7 nitrogen and oxygen atoms in total. The van der Waals surface area contributed by atoms with Gasteiger partial charge in [-0.2, -0.15) is 13.2 Å². The molecule has 1 aromatic heterocycles. The van der Waals surface area contributed by atoms with E-state index in [1.165, 1.54) is 6.08 Å². The third kappa shape index (κ3) is 6.10. The first-order valence-corrected chi connectivity index (χ1v) is 10.7. The predicted molar refractivity (Wildman–Crippen MR) is 126 cm³/mol. The SMILES string of the molecule is O=C(C=Cc1cccc(Oc2ccnc(C3=NCCN3)c2)c1)Nc1cc(C(F)(F)F)c(Cl)cc1O. The molecule has 0 unspecified atom stereocenters. The van der Waals surface area contributed by atoms with Gasteiger partial charge in [0.25, 0.3) is 0 Å². The molecule has 3 N–H and O–H groups in total. The van der Waals surface area contributed by atoms with E-state index in [1.807, 2.05) is 0 Å². The summed E-state index contributed by atoms with van der Waals surface area (Å²) in [5, 5.41) is 14.5. The van der Waals surface area contributed by atoms with Crippen molar-refractivity contribution in [2.24, 2.45) is 4.99 Å². The van der Waals surface area contributed by atoms with Crippen LogP contribution in [-0.2, 0) is 11.0 Å². The number of amidine groups is 1. The van der Waals surface area contributed by atoms with Crippen molar-refractivity contribution in [1.82, 2.24) is 10.3 Å². The normalized spacial score (nSPS) is 13.4. The second-order valence-corrected chi connectivity index (χ2v) is 7.79. The van der Waals surface area contributed by atoms with Crippen molar-refractivity contribution in [3.8, 4) is 17.2 Å². The second-order valence-electron chi connectivity index (χ2n) is 7.38. The molecular formula is C24H18ClF3N4O3. The predicted octanol–water partition coefficient (Wildman–Crippen LogP) is 5.25. The molecule has 1 aliphatic rings. The van der Waals surface area contributed by atoms with E-state index in [0.29, 0.717) is 41.2 Å². The van der Waals surface area contributed by atoms with E-state index in [4.69, 9.17) is 16.3 Å². The molecular weight excluding hydrogens is 485 g/mol. The molecule has 4 rings (SSSR count). The van der Waals surface area contributed by atoms with Gasteiger partial charge in [0.2, 0.25) is 5.91 Å². The Bertz CT molecular complexity index is 1330. The van der Waals surface area contributed by atoms with Crippen molar-refractivity contribution >= 4 is 35.1 Å². The van der Waals surface area contributed by atoms with Crippen LogP contribution in [0.4, 0.5) is 18.9 Å². The minimum Gasteiger partial charge on any atom is -0.506 e. The highest BCUT2D eigenvalue weighted by Gasteiger charge is 2.34. The maximum Gasteiger partial charge on any atom is 0.417 e. The molecule has 0 atom stereocenters. The topological polar surface area (TPSA) is 95.8 Å². The molecule has 0 aliphatic carbocycles. The Balaban J connectivity index is 1.44. The fraction of sp³-hybridized carbons (Fsp3) is 0.125. The number of carbonyl (C=O) groups excluding carboxylic acids is 1. The number of hydrogen-bond acceptors (Lipinski definition) is 6. The second kappa shape index (κ2) is 10.1. The van der Waals surface area contributed by atoms with Crippen molar-refractivity contribution in [2.75, 3.05) is 18.4 Å². The van der Waals surface area contributed by atoms with Gasteiger partial charge in [-0.05, 0) is 35.9 Å². The number of alkyl halides is 3. The summed E-state index contributed by atoms with van der Waals surface area (Å²) in [7, 11) is 0. The van der Waals surface area contributed by atoms with Gasteiger partial charge in [-0.25, -0.2) is 0 Å². The van der Waals surface area contributed by atoms with Gasteiger partial charge < -0.3 is 20.5 Å². The summed E-state index contributed by atoms with van der Waals surface area (Å²) >= 11 is 5.55. The van der Waals surface area contributed by atoms with Crippen molar-refractivity contribution in [3.05, 3.63) is 82.6 Å². The van der Waals surface area contributed by atoms with Crippen LogP contribution in [0, 0.1) is 0 Å². The molecule has 1 aliphatic heterocycles. The minimum absolute atomic E-state index is 0.414. The number of hydrogen-bond donors (Lipinski definition) is 3. The summed E-state index contributed by atoms with van der Waals surface area (Å²) in [5.41, 5.74) is -0.323. The lowest BCUT2D eigenvalue weighted by Crippen LogP contribution is -2.20. The monoisotopic (exact) mass is 502 g/mol. The molecule has 0 radical (unpaired) electrons. The largest absolute Gasteiger partial charge is 0.506 e. The quantitative estimate of drug-likeness (QED) is 0.316. The van der Waals surface area contributed by atoms with E-state index < -0.39 is 34.1 Å². The first-order valence-electron chi connectivity index (χ1n) is 10.3. The number of phenols is 1. The van der Waals surface area contributed by atoms with Crippen molar-refractivity contribution < 1.29 is 27.8 Å². The summed E-state index contributed by atoms with van der Waals surface area (Å²) in [6, 6.07) is 11.6. The van der Waals surface area contributed by atoms with E-state index in [-0.39, 0.29) is 0 Å². The number of nitrogens with one attached hydrogen (secondary N) is 2. The van der Waals surface area contributed by atoms with Crippen LogP contribution in [0.25, 0.3) is 6.08 Å². The van der Waals surface area contributed by atoms with E-state index >= 15 is 0 Å². The maximum absolute atomic E-state index is 13.0. The van der Waals surface area contributed by atoms with Crippen LogP contribution in [0.5, 0.6) is 17.2 Å². The lowest BCUT2D eigenvalue weighted by molar-refractivity contribution is -0.137. The Kier molecular flexibility index (Phi) is 6.92. The number of halogens is 4. The van der Waals surface area contributed by atoms with Crippen LogP contribution in [-0.4, -0.2) is 34.9 Å². The van der Waals surface area contributed by atoms with Gasteiger partial charge in [-0.3, -0.25) is 14.8 Å². The average molecular weight is 503 g/mol. The van der Waals surface area contributed by atoms with Crippen LogP contribution in [0.15, 0.2) is 65.8 Å². The average Bonchev–Trinajstić information content (AvgIpc) is 3.34. The number of aliphatic imine (C=N–C) groups is 1. The zero-order chi connectivity index (χ0) is 25.0.